The van der Waals surface area contributed by atoms with Crippen LogP contribution in [0.5, 0.6) is 0 Å². The van der Waals surface area contributed by atoms with Crippen LogP contribution in [0.3, 0.4) is 0 Å². The van der Waals surface area contributed by atoms with Crippen LogP contribution in [0.1, 0.15) is 18.1 Å². The van der Waals surface area contributed by atoms with Crippen molar-refractivity contribution >= 4 is 19.4 Å². The molecule has 0 aromatic heterocycles. The lowest BCUT2D eigenvalue weighted by Gasteiger charge is -2.01. The summed E-state index contributed by atoms with van der Waals surface area (Å²) in [4.78, 5) is 0. The molecule has 0 N–H and O–H groups in total. The van der Waals surface area contributed by atoms with Crippen LogP contribution in [0.2, 0.25) is 0 Å². The van der Waals surface area contributed by atoms with E-state index in [1.54, 1.807) is 0 Å². The Hall–Kier alpha value is -0.975. The molecule has 1 aliphatic carbocycles. The van der Waals surface area contributed by atoms with Gasteiger partial charge in [-0.25, -0.2) is 0 Å². The lowest BCUT2D eigenvalue weighted by Crippen LogP contribution is -2.09. The Balaban J connectivity index is 2.59. The van der Waals surface area contributed by atoms with E-state index in [0.29, 0.717) is 0 Å². The van der Waals surface area contributed by atoms with E-state index in [2.05, 4.69) is 39.0 Å². The van der Waals surface area contributed by atoms with Crippen LogP contribution >= 0.6 is 0 Å². The normalized spacial score (nSPS) is 14.5. The standard InChI is InChI=1S/C10H11B/c1-7-5-8-3-2-4-10(11)9(8)6-7/h2-5H,6,11H2,1H3. The summed E-state index contributed by atoms with van der Waals surface area (Å²) >= 11 is 0. The van der Waals surface area contributed by atoms with E-state index in [4.69, 9.17) is 0 Å². The second-order valence-electron chi connectivity index (χ2n) is 3.31. The third kappa shape index (κ3) is 1.01. The van der Waals surface area contributed by atoms with E-state index in [1.165, 1.54) is 22.2 Å². The van der Waals surface area contributed by atoms with Gasteiger partial charge in [0.15, 0.2) is 0 Å². The Morgan fingerprint density at radius 2 is 2.18 bits per heavy atom. The minimum Gasteiger partial charge on any atom is -0.0849 e. The van der Waals surface area contributed by atoms with Crippen LogP contribution in [-0.2, 0) is 6.42 Å². The summed E-state index contributed by atoms with van der Waals surface area (Å²) in [6.45, 7) is 2.19. The molecule has 11 heavy (non-hydrogen) atoms. The monoisotopic (exact) mass is 142 g/mol. The van der Waals surface area contributed by atoms with Crippen LogP contribution in [0.15, 0.2) is 23.8 Å². The van der Waals surface area contributed by atoms with Gasteiger partial charge < -0.3 is 0 Å². The number of hydrogen-bond donors (Lipinski definition) is 0. The molecule has 1 aromatic carbocycles. The van der Waals surface area contributed by atoms with Gasteiger partial charge in [0.1, 0.15) is 7.85 Å². The van der Waals surface area contributed by atoms with Gasteiger partial charge in [-0.15, -0.1) is 0 Å². The molecule has 54 valence electrons. The van der Waals surface area contributed by atoms with Gasteiger partial charge in [0, 0.05) is 0 Å². The average molecular weight is 142 g/mol. The van der Waals surface area contributed by atoms with Crippen LogP contribution in [0.25, 0.3) is 6.08 Å². The van der Waals surface area contributed by atoms with Crippen molar-refractivity contribution in [3.8, 4) is 0 Å². The Bertz CT molecular complexity index is 324. The molecular weight excluding hydrogens is 131 g/mol. The van der Waals surface area contributed by atoms with E-state index >= 15 is 0 Å². The lowest BCUT2D eigenvalue weighted by atomic mass is 9.88. The van der Waals surface area contributed by atoms with Crippen molar-refractivity contribution in [1.29, 1.82) is 0 Å². The topological polar surface area (TPSA) is 0 Å². The number of allylic oxidation sites excluding steroid dienone is 1. The van der Waals surface area contributed by atoms with Gasteiger partial charge in [-0.05, 0) is 24.5 Å². The zero-order valence-electron chi connectivity index (χ0n) is 7.02. The number of benzene rings is 1. The number of hydrogen-bond acceptors (Lipinski definition) is 0. The highest BCUT2D eigenvalue weighted by Crippen LogP contribution is 2.21. The van der Waals surface area contributed by atoms with Crippen molar-refractivity contribution in [2.75, 3.05) is 0 Å². The van der Waals surface area contributed by atoms with Crippen LogP contribution < -0.4 is 5.46 Å². The molecule has 0 saturated heterocycles. The van der Waals surface area contributed by atoms with Gasteiger partial charge in [-0.1, -0.05) is 35.3 Å². The van der Waals surface area contributed by atoms with Crippen molar-refractivity contribution in [2.45, 2.75) is 13.3 Å². The molecule has 0 nitrogen and oxygen atoms in total. The Labute approximate surface area is 68.3 Å². The van der Waals surface area contributed by atoms with E-state index in [0.717, 1.165) is 6.42 Å². The predicted molar refractivity (Wildman–Crippen MR) is 52.0 cm³/mol. The average Bonchev–Trinajstić information content (AvgIpc) is 2.31. The molecular formula is C10H11B. The predicted octanol–water partition coefficient (Wildman–Crippen LogP) is 0.904. The van der Waals surface area contributed by atoms with E-state index in [1.807, 2.05) is 0 Å². The molecule has 0 aliphatic heterocycles. The maximum Gasteiger partial charge on any atom is 0.139 e. The van der Waals surface area contributed by atoms with Gasteiger partial charge in [0.25, 0.3) is 0 Å². The molecule has 0 saturated carbocycles. The zero-order chi connectivity index (χ0) is 7.84. The van der Waals surface area contributed by atoms with Gasteiger partial charge in [0.2, 0.25) is 0 Å². The first-order valence-electron chi connectivity index (χ1n) is 4.03. The first-order valence-corrected chi connectivity index (χ1v) is 4.03. The van der Waals surface area contributed by atoms with Crippen molar-refractivity contribution in [2.24, 2.45) is 0 Å². The summed E-state index contributed by atoms with van der Waals surface area (Å²) in [6, 6.07) is 6.51. The van der Waals surface area contributed by atoms with E-state index < -0.39 is 0 Å². The first-order chi connectivity index (χ1) is 5.27. The quantitative estimate of drug-likeness (QED) is 0.472. The minimum atomic E-state index is 1.15. The lowest BCUT2D eigenvalue weighted by molar-refractivity contribution is 1.21. The van der Waals surface area contributed by atoms with Gasteiger partial charge in [0.05, 0.1) is 0 Å². The molecule has 1 heteroatoms. The molecule has 0 atom stereocenters. The Morgan fingerprint density at radius 3 is 2.91 bits per heavy atom. The van der Waals surface area contributed by atoms with Gasteiger partial charge >= 0.3 is 0 Å². The summed E-state index contributed by atoms with van der Waals surface area (Å²) in [7, 11) is 2.19. The molecule has 1 aliphatic rings. The fraction of sp³-hybridized carbons (Fsp3) is 0.200. The molecule has 0 amide bonds. The highest BCUT2D eigenvalue weighted by Gasteiger charge is 2.09. The molecule has 0 fully saturated rings. The molecule has 1 aromatic rings. The summed E-state index contributed by atoms with van der Waals surface area (Å²) < 4.78 is 0. The summed E-state index contributed by atoms with van der Waals surface area (Å²) in [6.07, 6.45) is 3.43. The molecule has 0 radical (unpaired) electrons. The molecule has 0 unspecified atom stereocenters. The molecule has 0 spiro atoms. The molecule has 2 rings (SSSR count). The number of fused-ring (bicyclic) bond motifs is 1. The van der Waals surface area contributed by atoms with Crippen LogP contribution in [0, 0.1) is 0 Å². The fourth-order valence-electron chi connectivity index (χ4n) is 1.70. The molecule has 0 heterocycles. The largest absolute Gasteiger partial charge is 0.139 e. The second kappa shape index (κ2) is 2.26. The summed E-state index contributed by atoms with van der Waals surface area (Å²) in [5, 5.41) is 0. The number of rotatable bonds is 0. The van der Waals surface area contributed by atoms with Crippen molar-refractivity contribution in [3.63, 3.8) is 0 Å². The third-order valence-corrected chi connectivity index (χ3v) is 2.30. The summed E-state index contributed by atoms with van der Waals surface area (Å²) in [5.74, 6) is 0. The highest BCUT2D eigenvalue weighted by atomic mass is 14.1. The third-order valence-electron chi connectivity index (χ3n) is 2.30. The summed E-state index contributed by atoms with van der Waals surface area (Å²) in [5.41, 5.74) is 5.84. The van der Waals surface area contributed by atoms with Crippen molar-refractivity contribution in [3.05, 3.63) is 34.9 Å². The van der Waals surface area contributed by atoms with Gasteiger partial charge in [-0.2, -0.15) is 0 Å². The van der Waals surface area contributed by atoms with E-state index in [-0.39, 0.29) is 0 Å². The maximum absolute atomic E-state index is 2.28. The molecule has 0 bridgehead atoms. The van der Waals surface area contributed by atoms with E-state index in [9.17, 15) is 0 Å². The first kappa shape index (κ1) is 6.72. The second-order valence-corrected chi connectivity index (χ2v) is 3.31. The smallest absolute Gasteiger partial charge is 0.0849 e. The Kier molecular flexibility index (Phi) is 1.38. The Morgan fingerprint density at radius 1 is 1.36 bits per heavy atom. The van der Waals surface area contributed by atoms with Gasteiger partial charge in [-0.3, -0.25) is 0 Å². The highest BCUT2D eigenvalue weighted by molar-refractivity contribution is 6.33. The fourth-order valence-corrected chi connectivity index (χ4v) is 1.70. The van der Waals surface area contributed by atoms with Crippen LogP contribution in [0.4, 0.5) is 0 Å². The van der Waals surface area contributed by atoms with Crippen LogP contribution in [-0.4, -0.2) is 7.85 Å². The maximum atomic E-state index is 2.28. The van der Waals surface area contributed by atoms with Crippen molar-refractivity contribution < 1.29 is 0 Å². The SMILES string of the molecule is Bc1cccc2c1CC(C)=C2. The minimum absolute atomic E-state index is 1.15. The van der Waals surface area contributed by atoms with Crippen molar-refractivity contribution in [1.82, 2.24) is 0 Å². The zero-order valence-corrected chi connectivity index (χ0v) is 7.02.